The first-order chi connectivity index (χ1) is 4.85. The largest absolute Gasteiger partial charge is 0.394 e. The summed E-state index contributed by atoms with van der Waals surface area (Å²) in [5.74, 6) is 0. The maximum absolute atomic E-state index is 8.71. The van der Waals surface area contributed by atoms with Crippen LogP contribution >= 0.6 is 0 Å². The number of nitrogens with zero attached hydrogens (tertiary/aromatic N) is 1. The zero-order valence-electron chi connectivity index (χ0n) is 6.88. The molecule has 1 unspecified atom stereocenters. The van der Waals surface area contributed by atoms with Crippen molar-refractivity contribution >= 4 is 6.21 Å². The van der Waals surface area contributed by atoms with Crippen LogP contribution in [0.3, 0.4) is 0 Å². The number of unbranched alkanes of at least 4 members (excludes halogenated alkanes) is 1. The number of aliphatic imine (C=N–C) groups is 1. The lowest BCUT2D eigenvalue weighted by molar-refractivity contribution is 0.264. The van der Waals surface area contributed by atoms with Crippen LogP contribution in [0.5, 0.6) is 0 Å². The van der Waals surface area contributed by atoms with E-state index in [4.69, 9.17) is 5.11 Å². The Morgan fingerprint density at radius 2 is 2.20 bits per heavy atom. The van der Waals surface area contributed by atoms with E-state index in [0.717, 1.165) is 19.3 Å². The topological polar surface area (TPSA) is 32.6 Å². The number of rotatable bonds is 5. The predicted octanol–water partition coefficient (Wildman–Crippen LogP) is 1.63. The molecule has 0 radical (unpaired) electrons. The van der Waals surface area contributed by atoms with Crippen molar-refractivity contribution in [2.75, 3.05) is 6.61 Å². The molecule has 0 aliphatic rings. The minimum atomic E-state index is 0.131. The van der Waals surface area contributed by atoms with E-state index in [2.05, 4.69) is 11.9 Å². The maximum Gasteiger partial charge on any atom is 0.0723 e. The van der Waals surface area contributed by atoms with Gasteiger partial charge in [0.1, 0.15) is 0 Å². The average Bonchev–Trinajstić information content (AvgIpc) is 1.99. The summed E-state index contributed by atoms with van der Waals surface area (Å²) >= 11 is 0. The molecule has 0 rings (SSSR count). The SMILES string of the molecule is CCCC=NC(CC)CO. The molecule has 0 aliphatic carbocycles. The Morgan fingerprint density at radius 3 is 2.60 bits per heavy atom. The summed E-state index contributed by atoms with van der Waals surface area (Å²) in [6.45, 7) is 4.33. The van der Waals surface area contributed by atoms with E-state index in [-0.39, 0.29) is 12.6 Å². The molecule has 0 fully saturated rings. The molecule has 0 saturated carbocycles. The van der Waals surface area contributed by atoms with Gasteiger partial charge in [-0.25, -0.2) is 0 Å². The molecule has 0 aliphatic heterocycles. The molecule has 1 atom stereocenters. The van der Waals surface area contributed by atoms with Crippen LogP contribution in [0.25, 0.3) is 0 Å². The van der Waals surface area contributed by atoms with Crippen LogP contribution in [0.15, 0.2) is 4.99 Å². The summed E-state index contributed by atoms with van der Waals surface area (Å²) < 4.78 is 0. The minimum absolute atomic E-state index is 0.131. The fraction of sp³-hybridized carbons (Fsp3) is 0.875. The quantitative estimate of drug-likeness (QED) is 0.583. The summed E-state index contributed by atoms with van der Waals surface area (Å²) in [5.41, 5.74) is 0. The highest BCUT2D eigenvalue weighted by molar-refractivity contribution is 5.57. The Hall–Kier alpha value is -0.370. The summed E-state index contributed by atoms with van der Waals surface area (Å²) in [5, 5.41) is 8.71. The second-order valence-corrected chi connectivity index (χ2v) is 2.36. The molecule has 0 aromatic heterocycles. The molecule has 0 heterocycles. The maximum atomic E-state index is 8.71. The lowest BCUT2D eigenvalue weighted by atomic mass is 10.2. The van der Waals surface area contributed by atoms with Gasteiger partial charge in [0.05, 0.1) is 12.6 Å². The number of aliphatic hydroxyl groups is 1. The Morgan fingerprint density at radius 1 is 1.50 bits per heavy atom. The first-order valence-corrected chi connectivity index (χ1v) is 3.97. The molecule has 10 heavy (non-hydrogen) atoms. The lowest BCUT2D eigenvalue weighted by Gasteiger charge is -2.02. The van der Waals surface area contributed by atoms with Crippen molar-refractivity contribution in [1.82, 2.24) is 0 Å². The highest BCUT2D eigenvalue weighted by Crippen LogP contribution is 1.94. The van der Waals surface area contributed by atoms with Crippen LogP contribution in [0, 0.1) is 0 Å². The highest BCUT2D eigenvalue weighted by Gasteiger charge is 1.97. The van der Waals surface area contributed by atoms with Crippen molar-refractivity contribution in [3.05, 3.63) is 0 Å². The number of hydrogen-bond acceptors (Lipinski definition) is 2. The standard InChI is InChI=1S/C8H17NO/c1-3-5-6-9-8(4-2)7-10/h6,8,10H,3-5,7H2,1-2H3. The average molecular weight is 143 g/mol. The van der Waals surface area contributed by atoms with Crippen LogP contribution in [-0.4, -0.2) is 24.0 Å². The molecule has 0 aromatic rings. The third kappa shape index (κ3) is 4.50. The Kier molecular flexibility index (Phi) is 6.50. The second kappa shape index (κ2) is 6.75. The molecule has 0 amide bonds. The third-order valence-corrected chi connectivity index (χ3v) is 1.42. The Bertz CT molecular complexity index is 87.3. The van der Waals surface area contributed by atoms with Gasteiger partial charge in [0, 0.05) is 0 Å². The summed E-state index contributed by atoms with van der Waals surface area (Å²) in [4.78, 5) is 4.18. The van der Waals surface area contributed by atoms with Gasteiger partial charge >= 0.3 is 0 Å². The van der Waals surface area contributed by atoms with Crippen LogP contribution in [0.2, 0.25) is 0 Å². The van der Waals surface area contributed by atoms with Gasteiger partial charge in [0.15, 0.2) is 0 Å². The molecular formula is C8H17NO. The van der Waals surface area contributed by atoms with E-state index in [0.29, 0.717) is 0 Å². The van der Waals surface area contributed by atoms with Gasteiger partial charge < -0.3 is 5.11 Å². The zero-order chi connectivity index (χ0) is 7.82. The summed E-state index contributed by atoms with van der Waals surface area (Å²) in [6.07, 6.45) is 4.99. The first kappa shape index (κ1) is 9.63. The summed E-state index contributed by atoms with van der Waals surface area (Å²) in [6, 6.07) is 0.131. The molecule has 1 N–H and O–H groups in total. The van der Waals surface area contributed by atoms with Crippen LogP contribution in [-0.2, 0) is 0 Å². The molecule has 0 saturated heterocycles. The van der Waals surface area contributed by atoms with Crippen molar-refractivity contribution in [3.63, 3.8) is 0 Å². The normalized spacial score (nSPS) is 14.3. The smallest absolute Gasteiger partial charge is 0.0723 e. The van der Waals surface area contributed by atoms with E-state index >= 15 is 0 Å². The molecule has 2 nitrogen and oxygen atoms in total. The fourth-order valence-electron chi connectivity index (χ4n) is 0.634. The van der Waals surface area contributed by atoms with Gasteiger partial charge in [-0.15, -0.1) is 0 Å². The zero-order valence-corrected chi connectivity index (χ0v) is 6.88. The second-order valence-electron chi connectivity index (χ2n) is 2.36. The van der Waals surface area contributed by atoms with Gasteiger partial charge in [-0.2, -0.15) is 0 Å². The highest BCUT2D eigenvalue weighted by atomic mass is 16.3. The van der Waals surface area contributed by atoms with E-state index in [1.54, 1.807) is 0 Å². The van der Waals surface area contributed by atoms with Gasteiger partial charge in [0.25, 0.3) is 0 Å². The van der Waals surface area contributed by atoms with Gasteiger partial charge in [-0.1, -0.05) is 20.3 Å². The Labute approximate surface area is 63.0 Å². The van der Waals surface area contributed by atoms with E-state index < -0.39 is 0 Å². The molecule has 0 spiro atoms. The molecular weight excluding hydrogens is 126 g/mol. The van der Waals surface area contributed by atoms with E-state index in [1.165, 1.54) is 0 Å². The van der Waals surface area contributed by atoms with Crippen molar-refractivity contribution < 1.29 is 5.11 Å². The van der Waals surface area contributed by atoms with E-state index in [9.17, 15) is 0 Å². The molecule has 60 valence electrons. The Balaban J connectivity index is 3.40. The van der Waals surface area contributed by atoms with Gasteiger partial charge in [0.2, 0.25) is 0 Å². The number of hydrogen-bond donors (Lipinski definition) is 1. The lowest BCUT2D eigenvalue weighted by Crippen LogP contribution is -2.07. The number of aliphatic hydroxyl groups excluding tert-OH is 1. The first-order valence-electron chi connectivity index (χ1n) is 3.97. The monoisotopic (exact) mass is 143 g/mol. The van der Waals surface area contributed by atoms with Crippen molar-refractivity contribution in [2.24, 2.45) is 4.99 Å². The van der Waals surface area contributed by atoms with E-state index in [1.807, 2.05) is 13.1 Å². The summed E-state index contributed by atoms with van der Waals surface area (Å²) in [7, 11) is 0. The predicted molar refractivity (Wildman–Crippen MR) is 44.6 cm³/mol. The molecule has 0 bridgehead atoms. The third-order valence-electron chi connectivity index (χ3n) is 1.42. The van der Waals surface area contributed by atoms with Gasteiger partial charge in [-0.05, 0) is 19.1 Å². The van der Waals surface area contributed by atoms with Gasteiger partial charge in [-0.3, -0.25) is 4.99 Å². The van der Waals surface area contributed by atoms with Crippen molar-refractivity contribution in [1.29, 1.82) is 0 Å². The van der Waals surface area contributed by atoms with Crippen LogP contribution in [0.4, 0.5) is 0 Å². The van der Waals surface area contributed by atoms with Crippen LogP contribution < -0.4 is 0 Å². The molecule has 2 heteroatoms. The molecule has 0 aromatic carbocycles. The van der Waals surface area contributed by atoms with Crippen LogP contribution in [0.1, 0.15) is 33.1 Å². The fourth-order valence-corrected chi connectivity index (χ4v) is 0.634. The van der Waals surface area contributed by atoms with Crippen molar-refractivity contribution in [3.8, 4) is 0 Å². The minimum Gasteiger partial charge on any atom is -0.394 e. The van der Waals surface area contributed by atoms with Crippen molar-refractivity contribution in [2.45, 2.75) is 39.2 Å².